The normalized spacial score (nSPS) is 12.8. The van der Waals surface area contributed by atoms with Crippen LogP contribution in [0, 0.1) is 0 Å². The summed E-state index contributed by atoms with van der Waals surface area (Å²) in [5, 5.41) is 10.9. The Bertz CT molecular complexity index is 501. The lowest BCUT2D eigenvalue weighted by molar-refractivity contribution is 0.141. The van der Waals surface area contributed by atoms with Crippen molar-refractivity contribution >= 4 is 11.0 Å². The first kappa shape index (κ1) is 13.0. The first-order valence-corrected chi connectivity index (χ1v) is 6.59. The molecule has 1 aromatic heterocycles. The van der Waals surface area contributed by atoms with Crippen molar-refractivity contribution in [2.75, 3.05) is 6.61 Å². The number of aliphatic hydroxyl groups excluding tert-OH is 1. The third-order valence-corrected chi connectivity index (χ3v) is 2.88. The molecule has 0 aliphatic carbocycles. The smallest absolute Gasteiger partial charge is 0.176 e. The molecule has 1 unspecified atom stereocenters. The van der Waals surface area contributed by atoms with Crippen molar-refractivity contribution < 1.29 is 14.3 Å². The molecule has 98 valence electrons. The Hall–Kier alpha value is -1.48. The van der Waals surface area contributed by atoms with E-state index in [9.17, 15) is 5.11 Å². The van der Waals surface area contributed by atoms with Crippen LogP contribution in [0.4, 0.5) is 0 Å². The summed E-state index contributed by atoms with van der Waals surface area (Å²) in [7, 11) is 0. The topological polar surface area (TPSA) is 42.6 Å². The fraction of sp³-hybridized carbons (Fsp3) is 0.467. The molecule has 1 N–H and O–H groups in total. The summed E-state index contributed by atoms with van der Waals surface area (Å²) in [6, 6.07) is 7.71. The predicted octanol–water partition coefficient (Wildman–Crippen LogP) is 4.06. The Morgan fingerprint density at radius 2 is 2.11 bits per heavy atom. The van der Waals surface area contributed by atoms with Crippen LogP contribution in [-0.4, -0.2) is 11.7 Å². The van der Waals surface area contributed by atoms with Gasteiger partial charge in [0.05, 0.1) is 6.61 Å². The minimum atomic E-state index is -0.526. The molecule has 18 heavy (non-hydrogen) atoms. The molecule has 0 amide bonds. The number of benzene rings is 1. The molecule has 3 nitrogen and oxygen atoms in total. The van der Waals surface area contributed by atoms with Crippen LogP contribution in [0.15, 0.2) is 28.7 Å². The molecular weight excluding hydrogens is 228 g/mol. The lowest BCUT2D eigenvalue weighted by Gasteiger charge is -2.05. The van der Waals surface area contributed by atoms with Gasteiger partial charge in [0.25, 0.3) is 0 Å². The molecular formula is C15H20O3. The second kappa shape index (κ2) is 5.91. The van der Waals surface area contributed by atoms with Gasteiger partial charge in [0.2, 0.25) is 0 Å². The second-order valence-electron chi connectivity index (χ2n) is 4.48. The van der Waals surface area contributed by atoms with E-state index in [0.717, 1.165) is 29.6 Å². The van der Waals surface area contributed by atoms with Crippen molar-refractivity contribution in [2.45, 2.75) is 39.2 Å². The van der Waals surface area contributed by atoms with Crippen LogP contribution in [0.5, 0.6) is 5.75 Å². The zero-order valence-electron chi connectivity index (χ0n) is 11.0. The minimum Gasteiger partial charge on any atom is -0.490 e. The molecule has 0 aliphatic heterocycles. The number of hydrogen-bond acceptors (Lipinski definition) is 3. The fourth-order valence-corrected chi connectivity index (χ4v) is 1.96. The Morgan fingerprint density at radius 1 is 1.28 bits per heavy atom. The van der Waals surface area contributed by atoms with E-state index >= 15 is 0 Å². The van der Waals surface area contributed by atoms with E-state index in [4.69, 9.17) is 9.15 Å². The molecule has 0 fully saturated rings. The number of fused-ring (bicyclic) bond motifs is 1. The molecule has 1 aromatic carbocycles. The van der Waals surface area contributed by atoms with Gasteiger partial charge in [0.1, 0.15) is 11.9 Å². The van der Waals surface area contributed by atoms with Gasteiger partial charge in [-0.05, 0) is 25.0 Å². The predicted molar refractivity (Wildman–Crippen MR) is 71.9 cm³/mol. The Labute approximate surface area is 107 Å². The summed E-state index contributed by atoms with van der Waals surface area (Å²) in [6.07, 6.45) is 2.08. The van der Waals surface area contributed by atoms with E-state index in [2.05, 4.69) is 6.92 Å². The summed E-state index contributed by atoms with van der Waals surface area (Å²) in [4.78, 5) is 0. The van der Waals surface area contributed by atoms with Crippen LogP contribution in [0.2, 0.25) is 0 Å². The van der Waals surface area contributed by atoms with Crippen molar-refractivity contribution in [1.82, 2.24) is 0 Å². The maximum Gasteiger partial charge on any atom is 0.176 e. The Kier molecular flexibility index (Phi) is 4.26. The van der Waals surface area contributed by atoms with Gasteiger partial charge in [-0.2, -0.15) is 0 Å². The summed E-state index contributed by atoms with van der Waals surface area (Å²) in [5.74, 6) is 1.38. The first-order valence-electron chi connectivity index (χ1n) is 6.59. The Balaban J connectivity index is 2.31. The van der Waals surface area contributed by atoms with Crippen molar-refractivity contribution in [3.8, 4) is 5.75 Å². The molecule has 0 saturated carbocycles. The SMILES string of the molecule is CCCOc1cccc2cc(C(O)CCC)oc12. The fourth-order valence-electron chi connectivity index (χ4n) is 1.96. The van der Waals surface area contributed by atoms with Crippen LogP contribution in [0.25, 0.3) is 11.0 Å². The van der Waals surface area contributed by atoms with E-state index in [1.807, 2.05) is 31.2 Å². The lowest BCUT2D eigenvalue weighted by atomic mass is 10.1. The number of para-hydroxylation sites is 1. The number of hydrogen-bond donors (Lipinski definition) is 1. The third kappa shape index (κ3) is 2.67. The van der Waals surface area contributed by atoms with E-state index < -0.39 is 6.10 Å². The maximum absolute atomic E-state index is 9.95. The highest BCUT2D eigenvalue weighted by atomic mass is 16.5. The van der Waals surface area contributed by atoms with Crippen molar-refractivity contribution in [3.63, 3.8) is 0 Å². The zero-order chi connectivity index (χ0) is 13.0. The summed E-state index contributed by atoms with van der Waals surface area (Å²) >= 11 is 0. The molecule has 0 radical (unpaired) electrons. The molecule has 1 atom stereocenters. The molecule has 0 bridgehead atoms. The largest absolute Gasteiger partial charge is 0.490 e. The third-order valence-electron chi connectivity index (χ3n) is 2.88. The zero-order valence-corrected chi connectivity index (χ0v) is 11.0. The van der Waals surface area contributed by atoms with Crippen molar-refractivity contribution in [3.05, 3.63) is 30.0 Å². The van der Waals surface area contributed by atoms with Crippen LogP contribution >= 0.6 is 0 Å². The summed E-state index contributed by atoms with van der Waals surface area (Å²) < 4.78 is 11.4. The van der Waals surface area contributed by atoms with Gasteiger partial charge in [-0.25, -0.2) is 0 Å². The van der Waals surface area contributed by atoms with Crippen LogP contribution < -0.4 is 4.74 Å². The molecule has 2 aromatic rings. The van der Waals surface area contributed by atoms with Gasteiger partial charge in [0.15, 0.2) is 11.3 Å². The maximum atomic E-state index is 9.95. The molecule has 0 saturated heterocycles. The molecule has 1 heterocycles. The number of furan rings is 1. The van der Waals surface area contributed by atoms with E-state index in [1.54, 1.807) is 0 Å². The van der Waals surface area contributed by atoms with Gasteiger partial charge in [-0.15, -0.1) is 0 Å². The van der Waals surface area contributed by atoms with Crippen molar-refractivity contribution in [1.29, 1.82) is 0 Å². The summed E-state index contributed by atoms with van der Waals surface area (Å²) in [5.41, 5.74) is 0.733. The average molecular weight is 248 g/mol. The van der Waals surface area contributed by atoms with Crippen LogP contribution in [-0.2, 0) is 0 Å². The van der Waals surface area contributed by atoms with Gasteiger partial charge in [-0.1, -0.05) is 32.4 Å². The molecule has 2 rings (SSSR count). The number of rotatable bonds is 6. The van der Waals surface area contributed by atoms with Crippen LogP contribution in [0.3, 0.4) is 0 Å². The monoisotopic (exact) mass is 248 g/mol. The van der Waals surface area contributed by atoms with E-state index in [0.29, 0.717) is 18.8 Å². The molecule has 0 spiro atoms. The average Bonchev–Trinajstić information content (AvgIpc) is 2.81. The van der Waals surface area contributed by atoms with Gasteiger partial charge in [0, 0.05) is 5.39 Å². The van der Waals surface area contributed by atoms with Gasteiger partial charge in [-0.3, -0.25) is 0 Å². The van der Waals surface area contributed by atoms with E-state index in [-0.39, 0.29) is 0 Å². The quantitative estimate of drug-likeness (QED) is 0.838. The van der Waals surface area contributed by atoms with Gasteiger partial charge < -0.3 is 14.3 Å². The van der Waals surface area contributed by atoms with E-state index in [1.165, 1.54) is 0 Å². The highest BCUT2D eigenvalue weighted by Crippen LogP contribution is 2.32. The van der Waals surface area contributed by atoms with Gasteiger partial charge >= 0.3 is 0 Å². The molecule has 0 aliphatic rings. The van der Waals surface area contributed by atoms with Crippen LogP contribution in [0.1, 0.15) is 45.0 Å². The summed E-state index contributed by atoms with van der Waals surface area (Å²) in [6.45, 7) is 4.78. The lowest BCUT2D eigenvalue weighted by Crippen LogP contribution is -1.95. The highest BCUT2D eigenvalue weighted by molar-refractivity contribution is 5.83. The Morgan fingerprint density at radius 3 is 2.83 bits per heavy atom. The van der Waals surface area contributed by atoms with Crippen molar-refractivity contribution in [2.24, 2.45) is 0 Å². The highest BCUT2D eigenvalue weighted by Gasteiger charge is 2.14. The first-order chi connectivity index (χ1) is 8.76. The number of ether oxygens (including phenoxy) is 1. The minimum absolute atomic E-state index is 0.526. The number of aliphatic hydroxyl groups is 1. The molecule has 3 heteroatoms. The second-order valence-corrected chi connectivity index (χ2v) is 4.48. The standard InChI is InChI=1S/C15H20O3/c1-3-6-12(16)14-10-11-7-5-8-13(15(11)18-14)17-9-4-2/h5,7-8,10,12,16H,3-4,6,9H2,1-2H3.